The molecule has 8 nitrogen and oxygen atoms in total. The SMILES string of the molecule is CCCCCN(C)C(CC(O)P(=O)(O)O)P(=O)(O)O.[H-].[Na+]. The standard InChI is InChI=1S/C9H23NO7P2.Na.H/c1-3-4-5-6-10(2)8(18(12,13)14)7-9(11)19(15,16)17;;/h8-9,11H,3-7H2,1-2H3,(H2,12,13,14)(H2,15,16,17);;/q;+1;-1. The van der Waals surface area contributed by atoms with Gasteiger partial charge in [0, 0.05) is 6.42 Å². The largest absolute Gasteiger partial charge is 1.00 e. The van der Waals surface area contributed by atoms with E-state index >= 15 is 0 Å². The second kappa shape index (κ2) is 10.1. The molecule has 0 bridgehead atoms. The summed E-state index contributed by atoms with van der Waals surface area (Å²) in [6.07, 6.45) is 1.88. The zero-order valence-electron chi connectivity index (χ0n) is 13.1. The molecule has 0 spiro atoms. The predicted octanol–water partition coefficient (Wildman–Crippen LogP) is -2.39. The third-order valence-corrected chi connectivity index (χ3v) is 5.19. The summed E-state index contributed by atoms with van der Waals surface area (Å²) in [7, 11) is -7.88. The van der Waals surface area contributed by atoms with Crippen molar-refractivity contribution in [3.8, 4) is 0 Å². The Balaban J connectivity index is -0.00000162. The molecule has 0 fully saturated rings. The molecule has 0 aromatic heterocycles. The summed E-state index contributed by atoms with van der Waals surface area (Å²) in [6.45, 7) is 2.37. The molecule has 0 aliphatic carbocycles. The Morgan fingerprint density at radius 2 is 1.60 bits per heavy atom. The molecule has 0 radical (unpaired) electrons. The van der Waals surface area contributed by atoms with Crippen molar-refractivity contribution in [2.24, 2.45) is 0 Å². The molecule has 11 heteroatoms. The van der Waals surface area contributed by atoms with E-state index in [4.69, 9.17) is 9.79 Å². The Morgan fingerprint density at radius 1 is 1.10 bits per heavy atom. The smallest absolute Gasteiger partial charge is 1.00 e. The van der Waals surface area contributed by atoms with Gasteiger partial charge in [-0.05, 0) is 20.0 Å². The number of aliphatic hydroxyl groups is 1. The van der Waals surface area contributed by atoms with Gasteiger partial charge in [0.25, 0.3) is 0 Å². The number of nitrogens with zero attached hydrogens (tertiary/aromatic N) is 1. The number of aliphatic hydroxyl groups excluding tert-OH is 1. The van der Waals surface area contributed by atoms with E-state index in [0.29, 0.717) is 6.54 Å². The molecular weight excluding hydrogens is 319 g/mol. The maximum Gasteiger partial charge on any atom is 1.00 e. The van der Waals surface area contributed by atoms with E-state index in [1.54, 1.807) is 0 Å². The van der Waals surface area contributed by atoms with Crippen LogP contribution in [0.1, 0.15) is 34.0 Å². The van der Waals surface area contributed by atoms with Crippen LogP contribution in [0.2, 0.25) is 0 Å². The van der Waals surface area contributed by atoms with Gasteiger partial charge in [-0.3, -0.25) is 14.0 Å². The van der Waals surface area contributed by atoms with E-state index in [2.05, 4.69) is 0 Å². The van der Waals surface area contributed by atoms with E-state index in [9.17, 15) is 24.0 Å². The summed E-state index contributed by atoms with van der Waals surface area (Å²) < 4.78 is 22.2. The van der Waals surface area contributed by atoms with Gasteiger partial charge in [-0.25, -0.2) is 0 Å². The van der Waals surface area contributed by atoms with Gasteiger partial charge in [0.1, 0.15) is 5.78 Å². The summed E-state index contributed by atoms with van der Waals surface area (Å²) in [5.74, 6) is -3.47. The number of unbranched alkanes of at least 4 members (excludes halogenated alkanes) is 2. The van der Waals surface area contributed by atoms with Gasteiger partial charge < -0.3 is 26.1 Å². The second-order valence-electron chi connectivity index (χ2n) is 4.56. The predicted molar refractivity (Wildman–Crippen MR) is 71.8 cm³/mol. The van der Waals surface area contributed by atoms with Gasteiger partial charge >= 0.3 is 44.7 Å². The molecule has 0 amide bonds. The van der Waals surface area contributed by atoms with Crippen LogP contribution < -0.4 is 29.6 Å². The van der Waals surface area contributed by atoms with Crippen LogP contribution in [0.5, 0.6) is 0 Å². The Morgan fingerprint density at radius 3 is 1.95 bits per heavy atom. The van der Waals surface area contributed by atoms with Crippen molar-refractivity contribution >= 4 is 15.2 Å². The van der Waals surface area contributed by atoms with Gasteiger partial charge in [-0.2, -0.15) is 0 Å². The average Bonchev–Trinajstić information content (AvgIpc) is 2.22. The molecule has 0 aromatic carbocycles. The number of rotatable bonds is 9. The van der Waals surface area contributed by atoms with E-state index in [-0.39, 0.29) is 31.0 Å². The van der Waals surface area contributed by atoms with Crippen molar-refractivity contribution in [3.05, 3.63) is 0 Å². The van der Waals surface area contributed by atoms with Crippen molar-refractivity contribution in [3.63, 3.8) is 0 Å². The van der Waals surface area contributed by atoms with Crippen LogP contribution in [0.15, 0.2) is 0 Å². The molecule has 0 rings (SSSR count). The van der Waals surface area contributed by atoms with E-state index in [0.717, 1.165) is 19.3 Å². The molecule has 0 aliphatic heterocycles. The molecule has 0 saturated carbocycles. The molecule has 118 valence electrons. The monoisotopic (exact) mass is 343 g/mol. The first-order chi connectivity index (χ1) is 8.50. The number of hydrogen-bond donors (Lipinski definition) is 5. The Kier molecular flexibility index (Phi) is 11.8. The van der Waals surface area contributed by atoms with Gasteiger partial charge in [-0.1, -0.05) is 19.8 Å². The Bertz CT molecular complexity index is 364. The first kappa shape index (κ1) is 23.5. The van der Waals surface area contributed by atoms with Crippen molar-refractivity contribution in [2.75, 3.05) is 13.6 Å². The third kappa shape index (κ3) is 9.28. The summed E-state index contributed by atoms with van der Waals surface area (Å²) in [5, 5.41) is 9.31. The molecule has 2 unspecified atom stereocenters. The topological polar surface area (TPSA) is 139 Å². The molecule has 0 heterocycles. The fourth-order valence-corrected chi connectivity index (χ4v) is 3.40. The van der Waals surface area contributed by atoms with Crippen LogP contribution in [0.3, 0.4) is 0 Å². The third-order valence-electron chi connectivity index (χ3n) is 2.82. The molecule has 2 atom stereocenters. The average molecular weight is 343 g/mol. The Hall–Kier alpha value is 1.22. The van der Waals surface area contributed by atoms with E-state index in [1.807, 2.05) is 6.92 Å². The first-order valence-corrected chi connectivity index (χ1v) is 9.35. The van der Waals surface area contributed by atoms with Gasteiger partial charge in [-0.15, -0.1) is 0 Å². The van der Waals surface area contributed by atoms with Crippen LogP contribution >= 0.6 is 15.2 Å². The first-order valence-electron chi connectivity index (χ1n) is 5.98. The zero-order chi connectivity index (χ0) is 15.3. The summed E-state index contributed by atoms with van der Waals surface area (Å²) >= 11 is 0. The fraction of sp³-hybridized carbons (Fsp3) is 1.00. The van der Waals surface area contributed by atoms with Crippen LogP contribution in [-0.4, -0.2) is 54.8 Å². The summed E-state index contributed by atoms with van der Waals surface area (Å²) in [4.78, 5) is 37.4. The van der Waals surface area contributed by atoms with Crippen molar-refractivity contribution < 1.29 is 64.8 Å². The minimum Gasteiger partial charge on any atom is -1.00 e. The van der Waals surface area contributed by atoms with Crippen molar-refractivity contribution in [1.29, 1.82) is 0 Å². The molecular formula is C9H24NNaO7P2. The van der Waals surface area contributed by atoms with Gasteiger partial charge in [0.15, 0.2) is 5.85 Å². The second-order valence-corrected chi connectivity index (χ2v) is 8.11. The maximum atomic E-state index is 11.4. The molecule has 0 aliphatic rings. The molecule has 20 heavy (non-hydrogen) atoms. The van der Waals surface area contributed by atoms with E-state index in [1.165, 1.54) is 11.9 Å². The van der Waals surface area contributed by atoms with Crippen LogP contribution in [0.25, 0.3) is 0 Å². The summed E-state index contributed by atoms with van der Waals surface area (Å²) in [6, 6.07) is 0. The fourth-order valence-electron chi connectivity index (χ4n) is 1.66. The molecule has 5 N–H and O–H groups in total. The minimum absolute atomic E-state index is 0. The zero-order valence-corrected chi connectivity index (χ0v) is 15.9. The normalized spacial score (nSPS) is 15.8. The summed E-state index contributed by atoms with van der Waals surface area (Å²) in [5.41, 5.74) is 0. The van der Waals surface area contributed by atoms with Crippen LogP contribution in [0, 0.1) is 0 Å². The van der Waals surface area contributed by atoms with Crippen LogP contribution in [0.4, 0.5) is 0 Å². The van der Waals surface area contributed by atoms with Gasteiger partial charge in [0.2, 0.25) is 0 Å². The van der Waals surface area contributed by atoms with Crippen molar-refractivity contribution in [1.82, 2.24) is 4.90 Å². The molecule has 0 saturated heterocycles. The van der Waals surface area contributed by atoms with Gasteiger partial charge in [0.05, 0.1) is 0 Å². The Labute approximate surface area is 142 Å². The van der Waals surface area contributed by atoms with E-state index < -0.39 is 33.2 Å². The maximum absolute atomic E-state index is 11.4. The quantitative estimate of drug-likeness (QED) is 0.178. The minimum atomic E-state index is -4.77. The number of hydrogen-bond acceptors (Lipinski definition) is 4. The molecule has 0 aromatic rings. The van der Waals surface area contributed by atoms with Crippen LogP contribution in [-0.2, 0) is 9.13 Å². The van der Waals surface area contributed by atoms with Crippen molar-refractivity contribution in [2.45, 2.75) is 44.2 Å².